The Hall–Kier alpha value is -3.20. The molecule has 0 aromatic heterocycles. The van der Waals surface area contributed by atoms with Crippen molar-refractivity contribution in [3.8, 4) is 0 Å². The summed E-state index contributed by atoms with van der Waals surface area (Å²) in [6, 6.07) is 13.7. The number of rotatable bonds is 5. The van der Waals surface area contributed by atoms with Crippen LogP contribution in [-0.4, -0.2) is 29.0 Å². The van der Waals surface area contributed by atoms with Crippen molar-refractivity contribution in [1.82, 2.24) is 10.7 Å². The van der Waals surface area contributed by atoms with E-state index >= 15 is 0 Å². The Kier molecular flexibility index (Phi) is 5.82. The molecule has 9 heteroatoms. The van der Waals surface area contributed by atoms with Gasteiger partial charge in [0, 0.05) is 24.7 Å². The fourth-order valence-electron chi connectivity index (χ4n) is 2.89. The Morgan fingerprint density at radius 3 is 2.48 bits per heavy atom. The Morgan fingerprint density at radius 1 is 1.11 bits per heavy atom. The van der Waals surface area contributed by atoms with Crippen LogP contribution in [0, 0.1) is 10.1 Å². The molecule has 27 heavy (non-hydrogen) atoms. The van der Waals surface area contributed by atoms with Crippen molar-refractivity contribution in [3.63, 3.8) is 0 Å². The average Bonchev–Trinajstić information content (AvgIpc) is 3.21. The molecule has 0 unspecified atom stereocenters. The number of benzene rings is 2. The molecule has 0 atom stereocenters. The van der Waals surface area contributed by atoms with Gasteiger partial charge < -0.3 is 4.90 Å². The summed E-state index contributed by atoms with van der Waals surface area (Å²) in [7, 11) is 0. The van der Waals surface area contributed by atoms with Gasteiger partial charge in [-0.2, -0.15) is 0 Å². The molecule has 8 nitrogen and oxygen atoms in total. The van der Waals surface area contributed by atoms with Crippen LogP contribution in [0.2, 0.25) is 0 Å². The van der Waals surface area contributed by atoms with Gasteiger partial charge in [0.25, 0.3) is 11.6 Å². The average molecular weight is 385 g/mol. The Morgan fingerprint density at radius 2 is 1.81 bits per heavy atom. The lowest BCUT2D eigenvalue weighted by Crippen LogP contribution is -2.42. The number of carbonyl (C=O) groups is 1. The first-order valence-corrected chi connectivity index (χ1v) is 8.91. The van der Waals surface area contributed by atoms with E-state index in [-0.39, 0.29) is 16.4 Å². The van der Waals surface area contributed by atoms with Crippen LogP contribution >= 0.6 is 12.2 Å². The molecular weight excluding hydrogens is 366 g/mol. The van der Waals surface area contributed by atoms with E-state index in [0.29, 0.717) is 5.69 Å². The predicted molar refractivity (Wildman–Crippen MR) is 108 cm³/mol. The highest BCUT2D eigenvalue weighted by molar-refractivity contribution is 7.80. The van der Waals surface area contributed by atoms with Gasteiger partial charge in [0.2, 0.25) is 0 Å². The van der Waals surface area contributed by atoms with E-state index in [9.17, 15) is 14.9 Å². The molecule has 2 aromatic carbocycles. The van der Waals surface area contributed by atoms with Crippen LogP contribution in [0.1, 0.15) is 23.2 Å². The molecule has 1 aliphatic heterocycles. The highest BCUT2D eigenvalue weighted by Crippen LogP contribution is 2.31. The molecule has 0 radical (unpaired) electrons. The number of nitro benzene ring substituents is 1. The van der Waals surface area contributed by atoms with E-state index in [0.717, 1.165) is 31.6 Å². The van der Waals surface area contributed by atoms with Crippen LogP contribution in [0.4, 0.5) is 17.1 Å². The third kappa shape index (κ3) is 4.70. The summed E-state index contributed by atoms with van der Waals surface area (Å²) in [5.74, 6) is -0.515. The lowest BCUT2D eigenvalue weighted by atomic mass is 10.1. The molecule has 1 aliphatic rings. The number of hydrogen-bond donors (Lipinski definition) is 3. The summed E-state index contributed by atoms with van der Waals surface area (Å²) in [6.45, 7) is 1.57. The third-order valence-corrected chi connectivity index (χ3v) is 4.41. The van der Waals surface area contributed by atoms with E-state index in [1.165, 1.54) is 6.07 Å². The quantitative estimate of drug-likeness (QED) is 0.413. The molecule has 1 heterocycles. The first-order valence-electron chi connectivity index (χ1n) is 8.50. The molecule has 140 valence electrons. The number of amides is 1. The molecule has 0 aliphatic carbocycles. The summed E-state index contributed by atoms with van der Waals surface area (Å²) in [5.41, 5.74) is 6.97. The second-order valence-electron chi connectivity index (χ2n) is 6.05. The molecule has 1 amide bonds. The van der Waals surface area contributed by atoms with Crippen molar-refractivity contribution in [2.24, 2.45) is 0 Å². The fraction of sp³-hybridized carbons (Fsp3) is 0.222. The van der Waals surface area contributed by atoms with Gasteiger partial charge in [0.15, 0.2) is 5.11 Å². The second kappa shape index (κ2) is 8.45. The van der Waals surface area contributed by atoms with Gasteiger partial charge in [-0.15, -0.1) is 0 Å². The number of para-hydroxylation sites is 1. The van der Waals surface area contributed by atoms with Crippen molar-refractivity contribution in [2.75, 3.05) is 23.4 Å². The Bertz CT molecular complexity index is 853. The largest absolute Gasteiger partial charge is 0.366 e. The molecule has 0 saturated carbocycles. The minimum atomic E-state index is -0.515. The van der Waals surface area contributed by atoms with E-state index in [4.69, 9.17) is 12.2 Å². The fourth-order valence-corrected chi connectivity index (χ4v) is 3.04. The van der Waals surface area contributed by atoms with Gasteiger partial charge in [0.05, 0.1) is 10.6 Å². The van der Waals surface area contributed by atoms with Gasteiger partial charge >= 0.3 is 0 Å². The normalized spacial score (nSPS) is 13.1. The summed E-state index contributed by atoms with van der Waals surface area (Å²) in [4.78, 5) is 25.3. The van der Waals surface area contributed by atoms with E-state index in [2.05, 4.69) is 16.2 Å². The number of nitrogens with one attached hydrogen (secondary N) is 3. The molecule has 1 saturated heterocycles. The maximum absolute atomic E-state index is 12.4. The van der Waals surface area contributed by atoms with Crippen molar-refractivity contribution >= 4 is 40.3 Å². The van der Waals surface area contributed by atoms with Gasteiger partial charge in [-0.3, -0.25) is 31.1 Å². The van der Waals surface area contributed by atoms with Crippen molar-refractivity contribution in [1.29, 1.82) is 0 Å². The summed E-state index contributed by atoms with van der Waals surface area (Å²) in [6.07, 6.45) is 2.02. The number of thiocarbonyl (C=S) groups is 1. The lowest BCUT2D eigenvalue weighted by molar-refractivity contribution is -0.384. The maximum Gasteiger partial charge on any atom is 0.293 e. The van der Waals surface area contributed by atoms with Gasteiger partial charge in [-0.05, 0) is 49.3 Å². The number of carbonyl (C=O) groups excluding carboxylic acids is 1. The Labute approximate surface area is 161 Å². The minimum Gasteiger partial charge on any atom is -0.366 e. The standard InChI is InChI=1S/C18H19N5O3S/c24-17(19-18(27)21-20-14-6-2-1-3-7-14)13-8-9-15(16(12-13)23(25)26)22-10-4-5-11-22/h1-3,6-9,12,20H,4-5,10-11H2,(H2,19,21,24,27). The zero-order valence-electron chi connectivity index (χ0n) is 14.5. The Balaban J connectivity index is 1.66. The number of nitro groups is 1. The van der Waals surface area contributed by atoms with Gasteiger partial charge in [-0.1, -0.05) is 18.2 Å². The van der Waals surface area contributed by atoms with Crippen LogP contribution in [-0.2, 0) is 0 Å². The highest BCUT2D eigenvalue weighted by Gasteiger charge is 2.24. The molecule has 0 bridgehead atoms. The van der Waals surface area contributed by atoms with E-state index in [1.54, 1.807) is 12.1 Å². The molecule has 3 N–H and O–H groups in total. The molecule has 3 rings (SSSR count). The SMILES string of the molecule is O=C(NC(=S)NNc1ccccc1)c1ccc(N2CCCC2)c([N+](=O)[O-])c1. The highest BCUT2D eigenvalue weighted by atomic mass is 32.1. The molecular formula is C18H19N5O3S. The molecule has 1 fully saturated rings. The summed E-state index contributed by atoms with van der Waals surface area (Å²) < 4.78 is 0. The first-order chi connectivity index (χ1) is 13.0. The van der Waals surface area contributed by atoms with Crippen LogP contribution in [0.3, 0.4) is 0 Å². The van der Waals surface area contributed by atoms with E-state index in [1.807, 2.05) is 35.2 Å². The number of hydrogen-bond acceptors (Lipinski definition) is 6. The topological polar surface area (TPSA) is 99.5 Å². The molecule has 2 aromatic rings. The summed E-state index contributed by atoms with van der Waals surface area (Å²) >= 11 is 5.08. The zero-order chi connectivity index (χ0) is 19.2. The lowest BCUT2D eigenvalue weighted by Gasteiger charge is -2.18. The molecule has 0 spiro atoms. The number of hydrazine groups is 1. The zero-order valence-corrected chi connectivity index (χ0v) is 15.3. The van der Waals surface area contributed by atoms with Gasteiger partial charge in [-0.25, -0.2) is 0 Å². The predicted octanol–water partition coefficient (Wildman–Crippen LogP) is 2.83. The van der Waals surface area contributed by atoms with Crippen molar-refractivity contribution in [3.05, 3.63) is 64.2 Å². The van der Waals surface area contributed by atoms with Crippen LogP contribution in [0.5, 0.6) is 0 Å². The maximum atomic E-state index is 12.4. The van der Waals surface area contributed by atoms with E-state index < -0.39 is 10.8 Å². The van der Waals surface area contributed by atoms with Gasteiger partial charge in [0.1, 0.15) is 5.69 Å². The van der Waals surface area contributed by atoms with Crippen LogP contribution in [0.25, 0.3) is 0 Å². The van der Waals surface area contributed by atoms with Crippen molar-refractivity contribution < 1.29 is 9.72 Å². The van der Waals surface area contributed by atoms with Crippen molar-refractivity contribution in [2.45, 2.75) is 12.8 Å². The summed E-state index contributed by atoms with van der Waals surface area (Å²) in [5, 5.41) is 14.0. The monoisotopic (exact) mass is 385 g/mol. The second-order valence-corrected chi connectivity index (χ2v) is 6.46. The van der Waals surface area contributed by atoms with Crippen LogP contribution < -0.4 is 21.1 Å². The third-order valence-electron chi connectivity index (χ3n) is 4.20. The number of nitrogens with zero attached hydrogens (tertiary/aromatic N) is 2. The number of anilines is 2. The van der Waals surface area contributed by atoms with Crippen LogP contribution in [0.15, 0.2) is 48.5 Å². The first kappa shape index (κ1) is 18.6. The smallest absolute Gasteiger partial charge is 0.293 e. The minimum absolute atomic E-state index is 0.0649.